The molecular weight excluding hydrogens is 274 g/mol. The van der Waals surface area contributed by atoms with Crippen molar-refractivity contribution in [1.29, 1.82) is 0 Å². The summed E-state index contributed by atoms with van der Waals surface area (Å²) in [7, 11) is -2.95. The van der Waals surface area contributed by atoms with E-state index in [1.54, 1.807) is 13.0 Å². The van der Waals surface area contributed by atoms with Gasteiger partial charge in [0.2, 0.25) is 0 Å². The summed E-state index contributed by atoms with van der Waals surface area (Å²) in [4.78, 5) is 0. The van der Waals surface area contributed by atoms with Crippen molar-refractivity contribution in [2.24, 2.45) is 0 Å². The van der Waals surface area contributed by atoms with E-state index in [1.165, 1.54) is 0 Å². The summed E-state index contributed by atoms with van der Waals surface area (Å²) in [5, 5.41) is 9.99. The second-order valence-electron chi connectivity index (χ2n) is 4.80. The molecule has 0 radical (unpaired) electrons. The van der Waals surface area contributed by atoms with Crippen LogP contribution in [0.15, 0.2) is 10.6 Å². The summed E-state index contributed by atoms with van der Waals surface area (Å²) < 4.78 is 27.8. The third-order valence-electron chi connectivity index (χ3n) is 2.79. The fourth-order valence-electron chi connectivity index (χ4n) is 1.96. The normalized spacial score (nSPS) is 25.9. The van der Waals surface area contributed by atoms with Crippen molar-refractivity contribution in [2.45, 2.75) is 25.8 Å². The summed E-state index contributed by atoms with van der Waals surface area (Å²) in [5.74, 6) is 1.48. The minimum atomic E-state index is -2.95. The lowest BCUT2D eigenvalue weighted by atomic mass is 10.0. The number of sulfone groups is 1. The van der Waals surface area contributed by atoms with Gasteiger partial charge in [0.05, 0.1) is 17.0 Å². The van der Waals surface area contributed by atoms with Gasteiger partial charge < -0.3 is 15.2 Å². The molecule has 1 fully saturated rings. The molecule has 6 nitrogen and oxygen atoms in total. The van der Waals surface area contributed by atoms with Crippen molar-refractivity contribution in [3.05, 3.63) is 11.8 Å². The van der Waals surface area contributed by atoms with Crippen LogP contribution in [-0.4, -0.2) is 35.7 Å². The molecule has 0 unspecified atom stereocenters. The standard InChI is InChI=1S/C10H15N3O3S2/c1-7-5-8(13-16-7)11-9(17)12-10(2)3-4-18(14,15)6-10/h5H,3-4,6H2,1-2H3,(H2,11,12,13,17)/t10-/m1/s1. The maximum atomic E-state index is 11.5. The first-order chi connectivity index (χ1) is 8.28. The van der Waals surface area contributed by atoms with E-state index < -0.39 is 15.4 Å². The molecule has 1 atom stereocenters. The Morgan fingerprint density at radius 3 is 2.83 bits per heavy atom. The van der Waals surface area contributed by atoms with Gasteiger partial charge in [-0.15, -0.1) is 0 Å². The Bertz CT molecular complexity index is 567. The van der Waals surface area contributed by atoms with E-state index >= 15 is 0 Å². The molecule has 8 heteroatoms. The van der Waals surface area contributed by atoms with Gasteiger partial charge in [0.25, 0.3) is 0 Å². The van der Waals surface area contributed by atoms with Crippen molar-refractivity contribution in [2.75, 3.05) is 16.8 Å². The smallest absolute Gasteiger partial charge is 0.175 e. The molecule has 0 spiro atoms. The van der Waals surface area contributed by atoms with Crippen LogP contribution in [-0.2, 0) is 9.84 Å². The van der Waals surface area contributed by atoms with Crippen LogP contribution in [0.2, 0.25) is 0 Å². The topological polar surface area (TPSA) is 84.2 Å². The molecule has 0 aromatic carbocycles. The summed E-state index contributed by atoms with van der Waals surface area (Å²) in [6.45, 7) is 3.62. The second kappa shape index (κ2) is 4.51. The molecule has 2 heterocycles. The van der Waals surface area contributed by atoms with E-state index in [0.717, 1.165) is 0 Å². The average Bonchev–Trinajstić information content (AvgIpc) is 2.70. The van der Waals surface area contributed by atoms with Gasteiger partial charge in [0.1, 0.15) is 5.76 Å². The fourth-order valence-corrected chi connectivity index (χ4v) is 4.40. The van der Waals surface area contributed by atoms with Crippen LogP contribution in [0.25, 0.3) is 0 Å². The first-order valence-corrected chi connectivity index (χ1v) is 7.74. The Morgan fingerprint density at radius 1 is 1.61 bits per heavy atom. The molecule has 1 aromatic heterocycles. The predicted octanol–water partition coefficient (Wildman–Crippen LogP) is 0.847. The maximum Gasteiger partial charge on any atom is 0.175 e. The first-order valence-electron chi connectivity index (χ1n) is 5.51. The summed E-state index contributed by atoms with van der Waals surface area (Å²) >= 11 is 5.13. The summed E-state index contributed by atoms with van der Waals surface area (Å²) in [6, 6.07) is 1.71. The molecule has 1 aliphatic rings. The highest BCUT2D eigenvalue weighted by Gasteiger charge is 2.38. The maximum absolute atomic E-state index is 11.5. The average molecular weight is 289 g/mol. The molecule has 0 saturated carbocycles. The number of nitrogens with one attached hydrogen (secondary N) is 2. The van der Waals surface area contributed by atoms with Gasteiger partial charge >= 0.3 is 0 Å². The number of rotatable bonds is 2. The molecule has 0 amide bonds. The Balaban J connectivity index is 1.96. The Morgan fingerprint density at radius 2 is 2.33 bits per heavy atom. The summed E-state index contributed by atoms with van der Waals surface area (Å²) in [5.41, 5.74) is -0.512. The van der Waals surface area contributed by atoms with E-state index in [2.05, 4.69) is 15.8 Å². The number of thiocarbonyl (C=S) groups is 1. The minimum absolute atomic E-state index is 0.0969. The fraction of sp³-hybridized carbons (Fsp3) is 0.600. The number of aryl methyl sites for hydroxylation is 1. The van der Waals surface area contributed by atoms with Crippen LogP contribution in [0.4, 0.5) is 5.82 Å². The van der Waals surface area contributed by atoms with E-state index in [0.29, 0.717) is 23.1 Å². The molecule has 0 aliphatic carbocycles. The molecule has 0 bridgehead atoms. The van der Waals surface area contributed by atoms with E-state index in [4.69, 9.17) is 16.7 Å². The molecule has 2 rings (SSSR count). The molecule has 1 aliphatic heterocycles. The van der Waals surface area contributed by atoms with Gasteiger partial charge in [-0.05, 0) is 32.5 Å². The van der Waals surface area contributed by atoms with Gasteiger partial charge in [-0.2, -0.15) is 0 Å². The molecule has 1 saturated heterocycles. The van der Waals surface area contributed by atoms with Crippen LogP contribution in [0.5, 0.6) is 0 Å². The number of hydrogen-bond acceptors (Lipinski definition) is 5. The van der Waals surface area contributed by atoms with E-state index in [1.807, 2.05) is 6.92 Å². The number of anilines is 1. The van der Waals surface area contributed by atoms with Gasteiger partial charge in [0.15, 0.2) is 20.8 Å². The van der Waals surface area contributed by atoms with Crippen LogP contribution in [0, 0.1) is 6.92 Å². The molecule has 2 N–H and O–H groups in total. The molecule has 100 valence electrons. The second-order valence-corrected chi connectivity index (χ2v) is 7.40. The van der Waals surface area contributed by atoms with E-state index in [9.17, 15) is 8.42 Å². The highest BCUT2D eigenvalue weighted by molar-refractivity contribution is 7.91. The van der Waals surface area contributed by atoms with Crippen molar-refractivity contribution in [3.63, 3.8) is 0 Å². The SMILES string of the molecule is Cc1cc(NC(=S)N[C@]2(C)CCS(=O)(=O)C2)no1. The largest absolute Gasteiger partial charge is 0.360 e. The third kappa shape index (κ3) is 3.20. The van der Waals surface area contributed by atoms with Crippen LogP contribution in [0.1, 0.15) is 19.1 Å². The number of aromatic nitrogens is 1. The quantitative estimate of drug-likeness (QED) is 0.781. The molecular formula is C10H15N3O3S2. The number of hydrogen-bond donors (Lipinski definition) is 2. The first kappa shape index (κ1) is 13.3. The monoisotopic (exact) mass is 289 g/mol. The van der Waals surface area contributed by atoms with Gasteiger partial charge in [-0.1, -0.05) is 5.16 Å². The van der Waals surface area contributed by atoms with Crippen molar-refractivity contribution in [1.82, 2.24) is 10.5 Å². The highest BCUT2D eigenvalue weighted by atomic mass is 32.2. The lowest BCUT2D eigenvalue weighted by Crippen LogP contribution is -2.48. The lowest BCUT2D eigenvalue weighted by Gasteiger charge is -2.25. The van der Waals surface area contributed by atoms with Crippen LogP contribution < -0.4 is 10.6 Å². The number of nitrogens with zero attached hydrogens (tertiary/aromatic N) is 1. The zero-order valence-electron chi connectivity index (χ0n) is 10.2. The van der Waals surface area contributed by atoms with Crippen LogP contribution in [0.3, 0.4) is 0 Å². The van der Waals surface area contributed by atoms with E-state index in [-0.39, 0.29) is 11.5 Å². The summed E-state index contributed by atoms with van der Waals surface area (Å²) in [6.07, 6.45) is 0.551. The van der Waals surface area contributed by atoms with Crippen LogP contribution >= 0.6 is 12.2 Å². The van der Waals surface area contributed by atoms with Gasteiger partial charge in [0, 0.05) is 6.07 Å². The predicted molar refractivity (Wildman–Crippen MR) is 72.3 cm³/mol. The minimum Gasteiger partial charge on any atom is -0.360 e. The highest BCUT2D eigenvalue weighted by Crippen LogP contribution is 2.22. The van der Waals surface area contributed by atoms with Crippen molar-refractivity contribution < 1.29 is 12.9 Å². The zero-order valence-corrected chi connectivity index (χ0v) is 11.8. The Labute approximate surface area is 111 Å². The van der Waals surface area contributed by atoms with Crippen molar-refractivity contribution in [3.8, 4) is 0 Å². The van der Waals surface area contributed by atoms with Crippen molar-refractivity contribution >= 4 is 33.0 Å². The molecule has 1 aromatic rings. The van der Waals surface area contributed by atoms with Gasteiger partial charge in [-0.3, -0.25) is 0 Å². The Hall–Kier alpha value is -1.15. The molecule has 18 heavy (non-hydrogen) atoms. The Kier molecular flexibility index (Phi) is 3.33. The zero-order chi connectivity index (χ0) is 13.4. The van der Waals surface area contributed by atoms with Gasteiger partial charge in [-0.25, -0.2) is 8.42 Å². The lowest BCUT2D eigenvalue weighted by molar-refractivity contribution is 0.400. The third-order valence-corrected chi connectivity index (χ3v) is 4.90.